The Morgan fingerprint density at radius 1 is 1.33 bits per heavy atom. The number of ketones is 1. The van der Waals surface area contributed by atoms with Gasteiger partial charge in [-0.2, -0.15) is 0 Å². The van der Waals surface area contributed by atoms with E-state index in [0.717, 1.165) is 5.56 Å². The van der Waals surface area contributed by atoms with Gasteiger partial charge in [-0.05, 0) is 6.92 Å². The lowest BCUT2D eigenvalue weighted by Crippen LogP contribution is -2.32. The highest BCUT2D eigenvalue weighted by Crippen LogP contribution is 2.07. The molecule has 1 aromatic rings. The Labute approximate surface area is 87.7 Å². The maximum Gasteiger partial charge on any atom is 0.320 e. The molecule has 0 aliphatic heterocycles. The highest BCUT2D eigenvalue weighted by atomic mass is 16.4. The van der Waals surface area contributed by atoms with E-state index in [1.165, 1.54) is 0 Å². The van der Waals surface area contributed by atoms with Crippen LogP contribution in [0.1, 0.15) is 22.3 Å². The molecule has 15 heavy (non-hydrogen) atoms. The Balaban J connectivity index is 2.69. The van der Waals surface area contributed by atoms with Gasteiger partial charge >= 0.3 is 5.97 Å². The van der Waals surface area contributed by atoms with Crippen LogP contribution in [0.4, 0.5) is 0 Å². The van der Waals surface area contributed by atoms with Crippen LogP contribution in [-0.4, -0.2) is 22.9 Å². The molecule has 0 spiro atoms. The first-order valence-electron chi connectivity index (χ1n) is 4.59. The number of Topliss-reactive ketones (excluding diaryl/α,β-unsaturated/α-hetero) is 1. The van der Waals surface area contributed by atoms with Gasteiger partial charge in [0.15, 0.2) is 5.78 Å². The smallest absolute Gasteiger partial charge is 0.320 e. The summed E-state index contributed by atoms with van der Waals surface area (Å²) in [4.78, 5) is 22.0. The second kappa shape index (κ2) is 4.70. The highest BCUT2D eigenvalue weighted by Gasteiger charge is 2.17. The Kier molecular flexibility index (Phi) is 3.57. The summed E-state index contributed by atoms with van der Waals surface area (Å²) in [7, 11) is 0. The van der Waals surface area contributed by atoms with E-state index < -0.39 is 12.0 Å². The third kappa shape index (κ3) is 3.18. The minimum atomic E-state index is -1.16. The molecule has 1 atom stereocenters. The molecule has 80 valence electrons. The quantitative estimate of drug-likeness (QED) is 0.721. The van der Waals surface area contributed by atoms with Crippen LogP contribution in [0, 0.1) is 6.92 Å². The number of carboxylic acid groups (broad SMARTS) is 1. The van der Waals surface area contributed by atoms with Crippen molar-refractivity contribution >= 4 is 11.8 Å². The van der Waals surface area contributed by atoms with Crippen LogP contribution in [0.2, 0.25) is 0 Å². The van der Waals surface area contributed by atoms with Crippen molar-refractivity contribution in [1.82, 2.24) is 0 Å². The number of carbonyl (C=O) groups is 2. The molecule has 4 nitrogen and oxygen atoms in total. The predicted molar refractivity (Wildman–Crippen MR) is 55.7 cm³/mol. The summed E-state index contributed by atoms with van der Waals surface area (Å²) >= 11 is 0. The molecule has 0 saturated carbocycles. The molecule has 0 aromatic heterocycles. The Morgan fingerprint density at radius 2 is 1.87 bits per heavy atom. The number of benzene rings is 1. The molecule has 0 bridgehead atoms. The zero-order valence-electron chi connectivity index (χ0n) is 8.43. The molecule has 0 aliphatic rings. The van der Waals surface area contributed by atoms with Gasteiger partial charge in [-0.1, -0.05) is 29.8 Å². The van der Waals surface area contributed by atoms with E-state index in [9.17, 15) is 9.59 Å². The van der Waals surface area contributed by atoms with Crippen molar-refractivity contribution < 1.29 is 14.7 Å². The van der Waals surface area contributed by atoms with Crippen LogP contribution in [-0.2, 0) is 4.79 Å². The second-order valence-corrected chi connectivity index (χ2v) is 3.44. The van der Waals surface area contributed by atoms with E-state index in [1.807, 2.05) is 6.92 Å². The minimum Gasteiger partial charge on any atom is -0.480 e. The topological polar surface area (TPSA) is 80.4 Å². The maximum absolute atomic E-state index is 11.5. The molecule has 0 fully saturated rings. The Bertz CT molecular complexity index is 370. The number of nitrogens with two attached hydrogens (primary N) is 1. The second-order valence-electron chi connectivity index (χ2n) is 3.44. The third-order valence-electron chi connectivity index (χ3n) is 2.10. The van der Waals surface area contributed by atoms with Crippen molar-refractivity contribution in [2.45, 2.75) is 19.4 Å². The van der Waals surface area contributed by atoms with Crippen molar-refractivity contribution in [2.24, 2.45) is 5.73 Å². The van der Waals surface area contributed by atoms with Gasteiger partial charge in [0.05, 0.1) is 0 Å². The van der Waals surface area contributed by atoms with E-state index >= 15 is 0 Å². The van der Waals surface area contributed by atoms with Gasteiger partial charge in [0, 0.05) is 12.0 Å². The van der Waals surface area contributed by atoms with Crippen molar-refractivity contribution in [1.29, 1.82) is 0 Å². The Morgan fingerprint density at radius 3 is 2.33 bits per heavy atom. The van der Waals surface area contributed by atoms with E-state index in [4.69, 9.17) is 10.8 Å². The zero-order chi connectivity index (χ0) is 11.4. The molecule has 1 rings (SSSR count). The third-order valence-corrected chi connectivity index (χ3v) is 2.10. The van der Waals surface area contributed by atoms with Gasteiger partial charge in [-0.15, -0.1) is 0 Å². The standard InChI is InChI=1S/C11H13NO3/c1-7-2-4-8(5-3-7)10(13)6-9(12)11(14)15/h2-5,9H,6,12H2,1H3,(H,14,15)/t9-/m0/s1. The first-order chi connectivity index (χ1) is 7.00. The van der Waals surface area contributed by atoms with Crippen LogP contribution >= 0.6 is 0 Å². The molecular weight excluding hydrogens is 194 g/mol. The van der Waals surface area contributed by atoms with E-state index in [2.05, 4.69) is 0 Å². The molecule has 0 heterocycles. The normalized spacial score (nSPS) is 12.1. The fourth-order valence-corrected chi connectivity index (χ4v) is 1.14. The summed E-state index contributed by atoms with van der Waals surface area (Å²) < 4.78 is 0. The molecule has 1 aromatic carbocycles. The van der Waals surface area contributed by atoms with Crippen LogP contribution in [0.5, 0.6) is 0 Å². The fourth-order valence-electron chi connectivity index (χ4n) is 1.14. The zero-order valence-corrected chi connectivity index (χ0v) is 8.43. The van der Waals surface area contributed by atoms with Crippen LogP contribution in [0.25, 0.3) is 0 Å². The summed E-state index contributed by atoms with van der Waals surface area (Å²) in [6.07, 6.45) is -0.168. The van der Waals surface area contributed by atoms with Gasteiger partial charge in [0.25, 0.3) is 0 Å². The van der Waals surface area contributed by atoms with Gasteiger partial charge in [-0.3, -0.25) is 9.59 Å². The largest absolute Gasteiger partial charge is 0.480 e. The number of carbonyl (C=O) groups excluding carboxylic acids is 1. The average Bonchev–Trinajstić information content (AvgIpc) is 2.18. The lowest BCUT2D eigenvalue weighted by Gasteiger charge is -2.05. The molecule has 0 unspecified atom stereocenters. The van der Waals surface area contributed by atoms with Gasteiger partial charge in [0.2, 0.25) is 0 Å². The van der Waals surface area contributed by atoms with E-state index in [0.29, 0.717) is 5.56 Å². The summed E-state index contributed by atoms with van der Waals surface area (Å²) in [5.41, 5.74) is 6.81. The number of aryl methyl sites for hydroxylation is 1. The minimum absolute atomic E-state index is 0.168. The first-order valence-corrected chi connectivity index (χ1v) is 4.59. The van der Waals surface area contributed by atoms with Crippen LogP contribution in [0.3, 0.4) is 0 Å². The van der Waals surface area contributed by atoms with Gasteiger partial charge < -0.3 is 10.8 Å². The number of hydrogen-bond acceptors (Lipinski definition) is 3. The molecular formula is C11H13NO3. The Hall–Kier alpha value is -1.68. The lowest BCUT2D eigenvalue weighted by atomic mass is 10.0. The first kappa shape index (κ1) is 11.4. The number of rotatable bonds is 4. The van der Waals surface area contributed by atoms with Crippen LogP contribution < -0.4 is 5.73 Å². The van der Waals surface area contributed by atoms with Crippen LogP contribution in [0.15, 0.2) is 24.3 Å². The van der Waals surface area contributed by atoms with Gasteiger partial charge in [-0.25, -0.2) is 0 Å². The van der Waals surface area contributed by atoms with Gasteiger partial charge in [0.1, 0.15) is 6.04 Å². The summed E-state index contributed by atoms with van der Waals surface area (Å²) in [5.74, 6) is -1.40. The monoisotopic (exact) mass is 207 g/mol. The molecule has 0 aliphatic carbocycles. The summed E-state index contributed by atoms with van der Waals surface area (Å²) in [6, 6.07) is 5.83. The predicted octanol–water partition coefficient (Wildman–Crippen LogP) is 0.980. The summed E-state index contributed by atoms with van der Waals surface area (Å²) in [6.45, 7) is 1.91. The van der Waals surface area contributed by atoms with Crippen molar-refractivity contribution in [2.75, 3.05) is 0 Å². The SMILES string of the molecule is Cc1ccc(C(=O)C[C@H](N)C(=O)O)cc1. The molecule has 0 saturated heterocycles. The number of aliphatic carboxylic acids is 1. The van der Waals surface area contributed by atoms with E-state index in [-0.39, 0.29) is 12.2 Å². The highest BCUT2D eigenvalue weighted by molar-refractivity contribution is 5.98. The van der Waals surface area contributed by atoms with E-state index in [1.54, 1.807) is 24.3 Å². The molecule has 3 N–H and O–H groups in total. The molecule has 4 heteroatoms. The maximum atomic E-state index is 11.5. The average molecular weight is 207 g/mol. The molecule has 0 radical (unpaired) electrons. The summed E-state index contributed by atoms with van der Waals surface area (Å²) in [5, 5.41) is 8.54. The molecule has 0 amide bonds. The van der Waals surface area contributed by atoms with Crippen molar-refractivity contribution in [3.8, 4) is 0 Å². The lowest BCUT2D eigenvalue weighted by molar-refractivity contribution is -0.138. The van der Waals surface area contributed by atoms with Crippen molar-refractivity contribution in [3.63, 3.8) is 0 Å². The number of carboxylic acids is 1. The van der Waals surface area contributed by atoms with Crippen molar-refractivity contribution in [3.05, 3.63) is 35.4 Å². The number of hydrogen-bond donors (Lipinski definition) is 2. The fraction of sp³-hybridized carbons (Fsp3) is 0.273.